The van der Waals surface area contributed by atoms with Crippen molar-refractivity contribution in [2.45, 2.75) is 50.4 Å². The molecule has 2 saturated heterocycles. The molecule has 0 N–H and O–H groups in total. The van der Waals surface area contributed by atoms with Gasteiger partial charge >= 0.3 is 0 Å². The van der Waals surface area contributed by atoms with Crippen LogP contribution in [0.5, 0.6) is 0 Å². The quantitative estimate of drug-likeness (QED) is 0.771. The van der Waals surface area contributed by atoms with E-state index >= 15 is 0 Å². The van der Waals surface area contributed by atoms with E-state index in [1.807, 2.05) is 11.9 Å². The molecule has 1 atom stereocenters. The van der Waals surface area contributed by atoms with Gasteiger partial charge in [0.05, 0.1) is 25.7 Å². The number of rotatable bonds is 2. The highest BCUT2D eigenvalue weighted by molar-refractivity contribution is 5.79. The Bertz CT molecular complexity index is 338. The molecular formula is C15H25NO4. The molecule has 114 valence electrons. The first-order valence-electron chi connectivity index (χ1n) is 7.82. The van der Waals surface area contributed by atoms with Crippen LogP contribution in [0.1, 0.15) is 38.5 Å². The molecule has 1 amide bonds. The fraction of sp³-hybridized carbons (Fsp3) is 0.933. The van der Waals surface area contributed by atoms with Gasteiger partial charge in [-0.3, -0.25) is 4.79 Å². The van der Waals surface area contributed by atoms with Gasteiger partial charge in [0.2, 0.25) is 5.91 Å². The normalized spacial score (nSPS) is 30.6. The molecule has 2 aliphatic heterocycles. The fourth-order valence-electron chi connectivity index (χ4n) is 3.62. The van der Waals surface area contributed by atoms with E-state index in [2.05, 4.69) is 0 Å². The second kappa shape index (κ2) is 6.00. The van der Waals surface area contributed by atoms with Gasteiger partial charge in [-0.1, -0.05) is 0 Å². The Kier molecular flexibility index (Phi) is 4.29. The summed E-state index contributed by atoms with van der Waals surface area (Å²) in [5, 5.41) is 0. The van der Waals surface area contributed by atoms with E-state index in [-0.39, 0.29) is 17.6 Å². The topological polar surface area (TPSA) is 48.0 Å². The van der Waals surface area contributed by atoms with Crippen LogP contribution in [0, 0.1) is 5.92 Å². The lowest BCUT2D eigenvalue weighted by molar-refractivity contribution is -0.185. The van der Waals surface area contributed by atoms with Crippen molar-refractivity contribution in [2.75, 3.05) is 33.5 Å². The summed E-state index contributed by atoms with van der Waals surface area (Å²) in [4.78, 5) is 14.4. The second-order valence-corrected chi connectivity index (χ2v) is 6.20. The molecule has 5 heteroatoms. The number of hydrogen-bond acceptors (Lipinski definition) is 4. The molecule has 1 saturated carbocycles. The van der Waals surface area contributed by atoms with Crippen LogP contribution in [-0.4, -0.2) is 56.1 Å². The molecule has 1 unspecified atom stereocenters. The molecule has 0 aromatic rings. The third-order valence-corrected chi connectivity index (χ3v) is 4.94. The average molecular weight is 283 g/mol. The van der Waals surface area contributed by atoms with Crippen molar-refractivity contribution in [3.63, 3.8) is 0 Å². The molecule has 0 radical (unpaired) electrons. The van der Waals surface area contributed by atoms with Crippen molar-refractivity contribution < 1.29 is 19.0 Å². The first-order chi connectivity index (χ1) is 9.70. The molecule has 0 bridgehead atoms. The van der Waals surface area contributed by atoms with Crippen molar-refractivity contribution in [2.24, 2.45) is 5.92 Å². The van der Waals surface area contributed by atoms with Gasteiger partial charge < -0.3 is 19.1 Å². The Hall–Kier alpha value is -0.650. The highest BCUT2D eigenvalue weighted by Crippen LogP contribution is 2.37. The number of hydrogen-bond donors (Lipinski definition) is 0. The van der Waals surface area contributed by atoms with Crippen molar-refractivity contribution in [1.29, 1.82) is 0 Å². The third-order valence-electron chi connectivity index (χ3n) is 4.94. The number of amides is 1. The van der Waals surface area contributed by atoms with E-state index in [1.54, 1.807) is 0 Å². The minimum Gasteiger partial charge on any atom is -0.381 e. The molecule has 20 heavy (non-hydrogen) atoms. The minimum absolute atomic E-state index is 0.0589. The van der Waals surface area contributed by atoms with E-state index in [0.717, 1.165) is 45.1 Å². The largest absolute Gasteiger partial charge is 0.381 e. The lowest BCUT2D eigenvalue weighted by Crippen LogP contribution is -2.47. The molecule has 0 aromatic heterocycles. The third kappa shape index (κ3) is 2.85. The van der Waals surface area contributed by atoms with Gasteiger partial charge in [-0.05, 0) is 25.7 Å². The summed E-state index contributed by atoms with van der Waals surface area (Å²) in [6, 6.07) is 0.322. The molecule has 0 aromatic carbocycles. The highest BCUT2D eigenvalue weighted by atomic mass is 16.7. The monoisotopic (exact) mass is 283 g/mol. The smallest absolute Gasteiger partial charge is 0.228 e. The summed E-state index contributed by atoms with van der Waals surface area (Å²) in [6.45, 7) is 2.80. The Morgan fingerprint density at radius 1 is 1.10 bits per heavy atom. The van der Waals surface area contributed by atoms with Crippen LogP contribution >= 0.6 is 0 Å². The Morgan fingerprint density at radius 3 is 2.40 bits per heavy atom. The van der Waals surface area contributed by atoms with Crippen LogP contribution in [0.3, 0.4) is 0 Å². The second-order valence-electron chi connectivity index (χ2n) is 6.20. The van der Waals surface area contributed by atoms with E-state index in [4.69, 9.17) is 14.2 Å². The standard InChI is InChI=1S/C15H25NO4/c1-16(14(17)12-3-2-8-18-11-12)13-4-6-15(7-5-13)19-9-10-20-15/h12-13H,2-11H2,1H3. The van der Waals surface area contributed by atoms with Gasteiger partial charge in [-0.25, -0.2) is 0 Å². The number of carbonyl (C=O) groups is 1. The lowest BCUT2D eigenvalue weighted by Gasteiger charge is -2.40. The van der Waals surface area contributed by atoms with Crippen molar-refractivity contribution in [3.8, 4) is 0 Å². The Labute approximate surface area is 120 Å². The van der Waals surface area contributed by atoms with Gasteiger partial charge in [0.1, 0.15) is 0 Å². The molecular weight excluding hydrogens is 258 g/mol. The number of nitrogens with zero attached hydrogens (tertiary/aromatic N) is 1. The Morgan fingerprint density at radius 2 is 1.80 bits per heavy atom. The summed E-state index contributed by atoms with van der Waals surface area (Å²) >= 11 is 0. The van der Waals surface area contributed by atoms with Crippen LogP contribution < -0.4 is 0 Å². The predicted octanol–water partition coefficient (Wildman–Crippen LogP) is 1.56. The molecule has 1 spiro atoms. The van der Waals surface area contributed by atoms with Gasteiger partial charge in [0.15, 0.2) is 5.79 Å². The molecule has 1 aliphatic carbocycles. The van der Waals surface area contributed by atoms with Crippen LogP contribution in [-0.2, 0) is 19.0 Å². The van der Waals surface area contributed by atoms with Gasteiger partial charge in [-0.15, -0.1) is 0 Å². The zero-order valence-corrected chi connectivity index (χ0v) is 12.3. The van der Waals surface area contributed by atoms with Crippen molar-refractivity contribution in [3.05, 3.63) is 0 Å². The fourth-order valence-corrected chi connectivity index (χ4v) is 3.62. The number of ether oxygens (including phenoxy) is 3. The highest BCUT2D eigenvalue weighted by Gasteiger charge is 2.42. The summed E-state index contributed by atoms with van der Waals surface area (Å²) in [5.41, 5.74) is 0. The summed E-state index contributed by atoms with van der Waals surface area (Å²) < 4.78 is 16.9. The van der Waals surface area contributed by atoms with Crippen molar-refractivity contribution >= 4 is 5.91 Å². The van der Waals surface area contributed by atoms with Gasteiger partial charge in [0.25, 0.3) is 0 Å². The Balaban J connectivity index is 1.52. The van der Waals surface area contributed by atoms with Crippen LogP contribution in [0.4, 0.5) is 0 Å². The van der Waals surface area contributed by atoms with Crippen LogP contribution in [0.15, 0.2) is 0 Å². The first kappa shape index (κ1) is 14.3. The molecule has 5 nitrogen and oxygen atoms in total. The van der Waals surface area contributed by atoms with Crippen molar-refractivity contribution in [1.82, 2.24) is 4.90 Å². The minimum atomic E-state index is -0.339. The SMILES string of the molecule is CN(C(=O)C1CCCOC1)C1CCC2(CC1)OCCO2. The average Bonchev–Trinajstić information content (AvgIpc) is 2.96. The predicted molar refractivity (Wildman–Crippen MR) is 73.2 cm³/mol. The molecule has 3 rings (SSSR count). The van der Waals surface area contributed by atoms with Crippen LogP contribution in [0.2, 0.25) is 0 Å². The lowest BCUT2D eigenvalue weighted by atomic mass is 9.88. The molecule has 3 aliphatic rings. The summed E-state index contributed by atoms with van der Waals surface area (Å²) in [7, 11) is 1.94. The van der Waals surface area contributed by atoms with E-state index < -0.39 is 0 Å². The number of carbonyl (C=O) groups excluding carboxylic acids is 1. The van der Waals surface area contributed by atoms with Gasteiger partial charge in [-0.2, -0.15) is 0 Å². The maximum atomic E-state index is 12.5. The van der Waals surface area contributed by atoms with Gasteiger partial charge in [0, 0.05) is 32.5 Å². The molecule has 3 fully saturated rings. The maximum Gasteiger partial charge on any atom is 0.228 e. The summed E-state index contributed by atoms with van der Waals surface area (Å²) in [6.07, 6.45) is 5.70. The van der Waals surface area contributed by atoms with E-state index in [0.29, 0.717) is 25.9 Å². The van der Waals surface area contributed by atoms with Crippen LogP contribution in [0.25, 0.3) is 0 Å². The zero-order chi connectivity index (χ0) is 14.0. The molecule has 2 heterocycles. The first-order valence-corrected chi connectivity index (χ1v) is 7.82. The zero-order valence-electron chi connectivity index (χ0n) is 12.3. The maximum absolute atomic E-state index is 12.5. The van der Waals surface area contributed by atoms with E-state index in [1.165, 1.54) is 0 Å². The van der Waals surface area contributed by atoms with E-state index in [9.17, 15) is 4.79 Å². The summed E-state index contributed by atoms with van der Waals surface area (Å²) in [5.74, 6) is -0.0311.